The molecule has 2 aromatic heterocycles. The lowest BCUT2D eigenvalue weighted by Crippen LogP contribution is -2.42. The second kappa shape index (κ2) is 9.61. The van der Waals surface area contributed by atoms with E-state index in [2.05, 4.69) is 9.97 Å². The summed E-state index contributed by atoms with van der Waals surface area (Å²) >= 11 is 0. The molecule has 2 aromatic carbocycles. The number of amides is 1. The maximum absolute atomic E-state index is 13.3. The highest BCUT2D eigenvalue weighted by molar-refractivity contribution is 5.88. The van der Waals surface area contributed by atoms with Crippen LogP contribution in [0.25, 0.3) is 28.6 Å². The molecule has 4 aromatic rings. The quantitative estimate of drug-likeness (QED) is 0.432. The average Bonchev–Trinajstić information content (AvgIpc) is 3.17. The van der Waals surface area contributed by atoms with Crippen LogP contribution in [0, 0.1) is 5.82 Å². The zero-order chi connectivity index (χ0) is 25.2. The molecule has 1 amide bonds. The largest absolute Gasteiger partial charge is 0.497 e. The van der Waals surface area contributed by atoms with Crippen LogP contribution < -0.4 is 10.4 Å². The van der Waals surface area contributed by atoms with Crippen LogP contribution in [0.2, 0.25) is 0 Å². The maximum atomic E-state index is 13.3. The first kappa shape index (κ1) is 23.2. The van der Waals surface area contributed by atoms with Crippen molar-refractivity contribution in [1.29, 1.82) is 0 Å². The Bertz CT molecular complexity index is 1570. The molecule has 0 aliphatic carbocycles. The molecule has 0 saturated carbocycles. The number of rotatable bonds is 4. The number of imidazole rings is 1. The Kier molecular flexibility index (Phi) is 6.20. The van der Waals surface area contributed by atoms with Crippen molar-refractivity contribution in [2.75, 3.05) is 20.2 Å². The third-order valence-corrected chi connectivity index (χ3v) is 6.18. The van der Waals surface area contributed by atoms with E-state index in [9.17, 15) is 14.0 Å². The van der Waals surface area contributed by atoms with E-state index in [-0.39, 0.29) is 5.82 Å². The topological polar surface area (TPSA) is 82.2 Å². The second-order valence-corrected chi connectivity index (χ2v) is 8.45. The maximum Gasteiger partial charge on any atom is 0.338 e. The first-order valence-electron chi connectivity index (χ1n) is 11.5. The van der Waals surface area contributed by atoms with Gasteiger partial charge in [-0.2, -0.15) is 0 Å². The number of aromatic nitrogens is 4. The Balaban J connectivity index is 1.38. The average molecular weight is 486 g/mol. The molecule has 1 aliphatic rings. The Labute approximate surface area is 206 Å². The molecule has 9 heteroatoms. The number of methoxy groups -OCH3 is 1. The minimum atomic E-state index is -0.474. The predicted octanol–water partition coefficient (Wildman–Crippen LogP) is 4.26. The van der Waals surface area contributed by atoms with Crippen molar-refractivity contribution in [2.24, 2.45) is 7.05 Å². The number of hydrogen-bond donors (Lipinski definition) is 0. The Morgan fingerprint density at radius 2 is 1.94 bits per heavy atom. The lowest BCUT2D eigenvalue weighted by atomic mass is 10.1. The van der Waals surface area contributed by atoms with E-state index in [0.29, 0.717) is 42.2 Å². The van der Waals surface area contributed by atoms with Crippen molar-refractivity contribution in [2.45, 2.75) is 6.42 Å². The number of carbonyl (C=O) groups excluding carboxylic acids is 1. The van der Waals surface area contributed by atoms with Gasteiger partial charge in [0, 0.05) is 25.7 Å². The molecule has 36 heavy (non-hydrogen) atoms. The van der Waals surface area contributed by atoms with E-state index in [4.69, 9.17) is 4.74 Å². The van der Waals surface area contributed by atoms with Crippen LogP contribution >= 0.6 is 0 Å². The van der Waals surface area contributed by atoms with E-state index >= 15 is 0 Å². The summed E-state index contributed by atoms with van der Waals surface area (Å²) in [5.74, 6) is 0.826. The van der Waals surface area contributed by atoms with Crippen molar-refractivity contribution in [3.63, 3.8) is 0 Å². The highest BCUT2D eigenvalue weighted by Gasteiger charge is 2.24. The van der Waals surface area contributed by atoms with Crippen molar-refractivity contribution >= 4 is 23.3 Å². The Hall–Kier alpha value is -4.53. The van der Waals surface area contributed by atoms with Crippen molar-refractivity contribution in [1.82, 2.24) is 24.0 Å². The van der Waals surface area contributed by atoms with Gasteiger partial charge in [-0.15, -0.1) is 0 Å². The number of nitrogens with zero attached hydrogens (tertiary/aromatic N) is 5. The van der Waals surface area contributed by atoms with Crippen LogP contribution in [0.3, 0.4) is 0 Å². The van der Waals surface area contributed by atoms with E-state index in [1.807, 2.05) is 42.5 Å². The number of benzene rings is 2. The van der Waals surface area contributed by atoms with E-state index in [1.54, 1.807) is 31.2 Å². The summed E-state index contributed by atoms with van der Waals surface area (Å²) < 4.78 is 20.8. The molecule has 1 aliphatic heterocycles. The molecule has 0 atom stereocenters. The van der Waals surface area contributed by atoms with Crippen molar-refractivity contribution < 1.29 is 13.9 Å². The zero-order valence-electron chi connectivity index (χ0n) is 19.9. The fourth-order valence-electron chi connectivity index (χ4n) is 4.13. The van der Waals surface area contributed by atoms with Gasteiger partial charge in [-0.05, 0) is 41.8 Å². The number of aryl methyl sites for hydroxylation is 1. The Morgan fingerprint density at radius 3 is 2.67 bits per heavy atom. The van der Waals surface area contributed by atoms with Crippen LogP contribution in [0.15, 0.2) is 77.2 Å². The molecule has 0 spiro atoms. The molecule has 0 N–H and O–H groups in total. The fourth-order valence-corrected chi connectivity index (χ4v) is 4.13. The summed E-state index contributed by atoms with van der Waals surface area (Å²) in [6, 6.07) is 13.2. The van der Waals surface area contributed by atoms with Crippen LogP contribution in [0.5, 0.6) is 5.75 Å². The molecule has 5 rings (SSSR count). The summed E-state index contributed by atoms with van der Waals surface area (Å²) in [7, 11) is 3.17. The minimum absolute atomic E-state index is 0.274. The van der Waals surface area contributed by atoms with Crippen molar-refractivity contribution in [3.05, 3.63) is 94.3 Å². The van der Waals surface area contributed by atoms with Gasteiger partial charge in [-0.25, -0.2) is 28.5 Å². The molecular weight excluding hydrogens is 461 g/mol. The SMILES string of the molecule is COc1cccc(-c2ncc3c(n2)n(C)c(=O)n3C(=O)N2CC=C(C=Cc3ccc(F)cc3)CC2)c1. The normalized spacial score (nSPS) is 13.9. The van der Waals surface area contributed by atoms with Crippen molar-refractivity contribution in [3.8, 4) is 17.1 Å². The van der Waals surface area contributed by atoms with Gasteiger partial charge in [0.05, 0.1) is 13.3 Å². The molecule has 182 valence electrons. The Morgan fingerprint density at radius 1 is 1.14 bits per heavy atom. The molecule has 0 radical (unpaired) electrons. The van der Waals surface area contributed by atoms with Gasteiger partial charge in [-0.1, -0.05) is 42.5 Å². The van der Waals surface area contributed by atoms with Gasteiger partial charge in [0.2, 0.25) is 0 Å². The minimum Gasteiger partial charge on any atom is -0.497 e. The van der Waals surface area contributed by atoms with Crippen LogP contribution in [-0.2, 0) is 7.05 Å². The molecule has 0 saturated heterocycles. The van der Waals surface area contributed by atoms with Gasteiger partial charge in [-0.3, -0.25) is 4.57 Å². The van der Waals surface area contributed by atoms with E-state index in [0.717, 1.165) is 21.3 Å². The lowest BCUT2D eigenvalue weighted by molar-refractivity contribution is 0.203. The molecule has 8 nitrogen and oxygen atoms in total. The number of hydrogen-bond acceptors (Lipinski definition) is 5. The standard InChI is InChI=1S/C27H24FN5O3/c1-31-25-23(17-29-24(30-25)20-4-3-5-22(16-20)36-2)33(26(31)34)27(35)32-14-12-19(13-15-32)7-6-18-8-10-21(28)11-9-18/h3-12,16-17H,13-15H2,1-2H3. The third kappa shape index (κ3) is 4.43. The van der Waals surface area contributed by atoms with Crippen LogP contribution in [0.4, 0.5) is 9.18 Å². The van der Waals surface area contributed by atoms with E-state index in [1.165, 1.54) is 22.9 Å². The second-order valence-electron chi connectivity index (χ2n) is 8.45. The fraction of sp³-hybridized carbons (Fsp3) is 0.185. The van der Waals surface area contributed by atoms with Gasteiger partial charge in [0.15, 0.2) is 11.5 Å². The molecule has 3 heterocycles. The highest BCUT2D eigenvalue weighted by Crippen LogP contribution is 2.23. The highest BCUT2D eigenvalue weighted by atomic mass is 19.1. The molecule has 0 bridgehead atoms. The number of fused-ring (bicyclic) bond motifs is 1. The van der Waals surface area contributed by atoms with Gasteiger partial charge in [0.1, 0.15) is 17.1 Å². The van der Waals surface area contributed by atoms with E-state index < -0.39 is 11.7 Å². The summed E-state index contributed by atoms with van der Waals surface area (Å²) in [4.78, 5) is 36.9. The number of ether oxygens (including phenoxy) is 1. The van der Waals surface area contributed by atoms with Crippen LogP contribution in [-0.4, -0.2) is 50.2 Å². The van der Waals surface area contributed by atoms with Crippen LogP contribution in [0.1, 0.15) is 12.0 Å². The first-order valence-corrected chi connectivity index (χ1v) is 11.5. The summed E-state index contributed by atoms with van der Waals surface area (Å²) in [6.07, 6.45) is 7.98. The third-order valence-electron chi connectivity index (χ3n) is 6.18. The number of allylic oxidation sites excluding steroid dienone is 1. The predicted molar refractivity (Wildman–Crippen MR) is 135 cm³/mol. The van der Waals surface area contributed by atoms with Gasteiger partial charge < -0.3 is 9.64 Å². The van der Waals surface area contributed by atoms with Gasteiger partial charge in [0.25, 0.3) is 0 Å². The molecule has 0 fully saturated rings. The van der Waals surface area contributed by atoms with Gasteiger partial charge >= 0.3 is 11.7 Å². The first-order chi connectivity index (χ1) is 17.4. The smallest absolute Gasteiger partial charge is 0.338 e. The number of carbonyl (C=O) groups is 1. The zero-order valence-corrected chi connectivity index (χ0v) is 19.9. The number of halogens is 1. The summed E-state index contributed by atoms with van der Waals surface area (Å²) in [5.41, 5.74) is 2.95. The molecule has 0 unspecified atom stereocenters. The lowest BCUT2D eigenvalue weighted by Gasteiger charge is -2.25. The monoisotopic (exact) mass is 485 g/mol. The summed E-state index contributed by atoms with van der Waals surface area (Å²) in [6.45, 7) is 0.831. The molecular formula is C27H24FN5O3. The summed E-state index contributed by atoms with van der Waals surface area (Å²) in [5, 5.41) is 0.